The molecule has 0 atom stereocenters. The van der Waals surface area contributed by atoms with Crippen molar-refractivity contribution in [1.29, 1.82) is 5.26 Å². The lowest BCUT2D eigenvalue weighted by Crippen LogP contribution is -2.41. The van der Waals surface area contributed by atoms with Gasteiger partial charge in [-0.3, -0.25) is 9.59 Å². The predicted octanol–water partition coefficient (Wildman–Crippen LogP) is 0.880. The van der Waals surface area contributed by atoms with Crippen LogP contribution in [0, 0.1) is 11.3 Å². The first-order chi connectivity index (χ1) is 9.15. The van der Waals surface area contributed by atoms with Gasteiger partial charge in [-0.05, 0) is 18.2 Å². The first-order valence-corrected chi connectivity index (χ1v) is 5.81. The Balaban J connectivity index is 2.26. The van der Waals surface area contributed by atoms with E-state index in [1.807, 2.05) is 6.07 Å². The van der Waals surface area contributed by atoms with Gasteiger partial charge in [0, 0.05) is 6.54 Å². The Bertz CT molecular complexity index is 563. The highest BCUT2D eigenvalue weighted by Crippen LogP contribution is 2.30. The maximum absolute atomic E-state index is 11.9. The molecule has 0 aliphatic carbocycles. The maximum atomic E-state index is 11.9. The Morgan fingerprint density at radius 1 is 1.58 bits per heavy atom. The standard InChI is InChI=1S/C13H13N3O3/c1-19-13(18)4-5-16-11-6-9(7-14)2-3-10(11)15-8-12(16)17/h2-3,6,15H,4-5,8H2,1H3. The van der Waals surface area contributed by atoms with Gasteiger partial charge < -0.3 is 15.0 Å². The van der Waals surface area contributed by atoms with E-state index in [-0.39, 0.29) is 31.4 Å². The van der Waals surface area contributed by atoms with Gasteiger partial charge in [-0.1, -0.05) is 0 Å². The molecular weight excluding hydrogens is 246 g/mol. The molecule has 0 fully saturated rings. The molecule has 0 saturated carbocycles. The van der Waals surface area contributed by atoms with Crippen molar-refractivity contribution < 1.29 is 14.3 Å². The summed E-state index contributed by atoms with van der Waals surface area (Å²) in [5, 5.41) is 11.9. The van der Waals surface area contributed by atoms with Crippen LogP contribution in [0.15, 0.2) is 18.2 Å². The predicted molar refractivity (Wildman–Crippen MR) is 68.6 cm³/mol. The molecule has 19 heavy (non-hydrogen) atoms. The second-order valence-electron chi connectivity index (χ2n) is 4.07. The van der Waals surface area contributed by atoms with Gasteiger partial charge in [-0.25, -0.2) is 0 Å². The molecule has 6 heteroatoms. The molecule has 0 radical (unpaired) electrons. The monoisotopic (exact) mass is 259 g/mol. The molecule has 1 N–H and O–H groups in total. The van der Waals surface area contributed by atoms with Crippen molar-refractivity contribution in [3.63, 3.8) is 0 Å². The van der Waals surface area contributed by atoms with E-state index in [1.165, 1.54) is 12.0 Å². The summed E-state index contributed by atoms with van der Waals surface area (Å²) in [4.78, 5) is 24.6. The number of fused-ring (bicyclic) bond motifs is 1. The van der Waals surface area contributed by atoms with Gasteiger partial charge in [0.2, 0.25) is 5.91 Å². The lowest BCUT2D eigenvalue weighted by molar-refractivity contribution is -0.140. The molecule has 1 aliphatic heterocycles. The number of anilines is 2. The minimum Gasteiger partial charge on any atom is -0.469 e. The number of hydrogen-bond donors (Lipinski definition) is 1. The van der Waals surface area contributed by atoms with Crippen molar-refractivity contribution in [2.45, 2.75) is 6.42 Å². The average molecular weight is 259 g/mol. The lowest BCUT2D eigenvalue weighted by atomic mass is 10.1. The molecule has 1 aliphatic rings. The van der Waals surface area contributed by atoms with Gasteiger partial charge in [0.25, 0.3) is 0 Å². The number of nitrogens with one attached hydrogen (secondary N) is 1. The molecule has 0 aromatic heterocycles. The molecule has 1 aromatic carbocycles. The largest absolute Gasteiger partial charge is 0.469 e. The maximum Gasteiger partial charge on any atom is 0.307 e. The van der Waals surface area contributed by atoms with Crippen LogP contribution in [-0.2, 0) is 14.3 Å². The number of nitriles is 1. The van der Waals surface area contributed by atoms with Gasteiger partial charge in [0.1, 0.15) is 0 Å². The lowest BCUT2D eigenvalue weighted by Gasteiger charge is -2.30. The second-order valence-corrected chi connectivity index (χ2v) is 4.07. The summed E-state index contributed by atoms with van der Waals surface area (Å²) in [6.07, 6.45) is 0.123. The van der Waals surface area contributed by atoms with Crippen molar-refractivity contribution in [3.8, 4) is 6.07 Å². The summed E-state index contributed by atoms with van der Waals surface area (Å²) in [5.74, 6) is -0.504. The Labute approximate surface area is 110 Å². The fourth-order valence-electron chi connectivity index (χ4n) is 1.92. The van der Waals surface area contributed by atoms with Crippen LogP contribution in [0.5, 0.6) is 0 Å². The number of carbonyl (C=O) groups excluding carboxylic acids is 2. The Morgan fingerprint density at radius 2 is 2.37 bits per heavy atom. The number of ether oxygens (including phenoxy) is 1. The van der Waals surface area contributed by atoms with Crippen LogP contribution in [0.2, 0.25) is 0 Å². The molecule has 1 heterocycles. The highest BCUT2D eigenvalue weighted by Gasteiger charge is 2.24. The Hall–Kier alpha value is -2.55. The third-order valence-corrected chi connectivity index (χ3v) is 2.92. The van der Waals surface area contributed by atoms with Crippen LogP contribution in [0.25, 0.3) is 0 Å². The van der Waals surface area contributed by atoms with E-state index >= 15 is 0 Å². The highest BCUT2D eigenvalue weighted by atomic mass is 16.5. The van der Waals surface area contributed by atoms with Crippen LogP contribution in [0.4, 0.5) is 11.4 Å². The van der Waals surface area contributed by atoms with Crippen molar-refractivity contribution in [2.75, 3.05) is 30.4 Å². The molecule has 0 bridgehead atoms. The van der Waals surface area contributed by atoms with Crippen LogP contribution in [0.1, 0.15) is 12.0 Å². The number of methoxy groups -OCH3 is 1. The molecule has 2 rings (SSSR count). The van der Waals surface area contributed by atoms with Crippen LogP contribution in [-0.4, -0.2) is 32.1 Å². The first-order valence-electron chi connectivity index (χ1n) is 5.81. The van der Waals surface area contributed by atoms with E-state index in [2.05, 4.69) is 10.1 Å². The number of nitrogens with zero attached hydrogens (tertiary/aromatic N) is 2. The number of benzene rings is 1. The van der Waals surface area contributed by atoms with E-state index in [4.69, 9.17) is 5.26 Å². The van der Waals surface area contributed by atoms with Gasteiger partial charge >= 0.3 is 5.97 Å². The van der Waals surface area contributed by atoms with Crippen LogP contribution in [0.3, 0.4) is 0 Å². The van der Waals surface area contributed by atoms with E-state index in [9.17, 15) is 9.59 Å². The summed E-state index contributed by atoms with van der Waals surface area (Å²) in [6, 6.07) is 7.10. The summed E-state index contributed by atoms with van der Waals surface area (Å²) in [7, 11) is 1.31. The van der Waals surface area contributed by atoms with Crippen molar-refractivity contribution in [2.24, 2.45) is 0 Å². The van der Waals surface area contributed by atoms with Crippen molar-refractivity contribution in [1.82, 2.24) is 0 Å². The number of hydrogen-bond acceptors (Lipinski definition) is 5. The normalized spacial score (nSPS) is 13.3. The zero-order valence-electron chi connectivity index (χ0n) is 10.5. The summed E-state index contributed by atoms with van der Waals surface area (Å²) >= 11 is 0. The van der Waals surface area contributed by atoms with E-state index in [0.29, 0.717) is 11.3 Å². The molecule has 0 unspecified atom stereocenters. The van der Waals surface area contributed by atoms with Crippen LogP contribution < -0.4 is 10.2 Å². The molecule has 1 amide bonds. The molecular formula is C13H13N3O3. The fourth-order valence-corrected chi connectivity index (χ4v) is 1.92. The number of esters is 1. The van der Waals surface area contributed by atoms with E-state index in [0.717, 1.165) is 5.69 Å². The highest BCUT2D eigenvalue weighted by molar-refractivity contribution is 6.03. The third kappa shape index (κ3) is 2.65. The summed E-state index contributed by atoms with van der Waals surface area (Å²) in [6.45, 7) is 0.426. The molecule has 1 aromatic rings. The molecule has 98 valence electrons. The molecule has 0 saturated heterocycles. The summed E-state index contributed by atoms with van der Waals surface area (Å²) < 4.78 is 4.56. The fraction of sp³-hybridized carbons (Fsp3) is 0.308. The number of amides is 1. The number of rotatable bonds is 3. The summed E-state index contributed by atoms with van der Waals surface area (Å²) in [5.41, 5.74) is 1.88. The Kier molecular flexibility index (Phi) is 3.66. The van der Waals surface area contributed by atoms with E-state index < -0.39 is 0 Å². The molecule has 6 nitrogen and oxygen atoms in total. The second kappa shape index (κ2) is 5.40. The quantitative estimate of drug-likeness (QED) is 0.815. The van der Waals surface area contributed by atoms with Crippen molar-refractivity contribution >= 4 is 23.3 Å². The third-order valence-electron chi connectivity index (χ3n) is 2.92. The first kappa shape index (κ1) is 12.9. The van der Waals surface area contributed by atoms with Crippen LogP contribution >= 0.6 is 0 Å². The minimum atomic E-state index is -0.371. The van der Waals surface area contributed by atoms with Crippen molar-refractivity contribution in [3.05, 3.63) is 23.8 Å². The SMILES string of the molecule is COC(=O)CCN1C(=O)CNc2ccc(C#N)cc21. The van der Waals surface area contributed by atoms with E-state index in [1.54, 1.807) is 18.2 Å². The zero-order valence-corrected chi connectivity index (χ0v) is 10.5. The average Bonchev–Trinajstić information content (AvgIpc) is 2.45. The Morgan fingerprint density at radius 3 is 3.05 bits per heavy atom. The molecule has 0 spiro atoms. The minimum absolute atomic E-state index is 0.123. The van der Waals surface area contributed by atoms with Gasteiger partial charge in [-0.15, -0.1) is 0 Å². The van der Waals surface area contributed by atoms with Gasteiger partial charge in [0.15, 0.2) is 0 Å². The van der Waals surface area contributed by atoms with Gasteiger partial charge in [-0.2, -0.15) is 5.26 Å². The van der Waals surface area contributed by atoms with Gasteiger partial charge in [0.05, 0.1) is 43.1 Å². The zero-order chi connectivity index (χ0) is 13.8. The number of carbonyl (C=O) groups is 2. The smallest absolute Gasteiger partial charge is 0.307 e. The topological polar surface area (TPSA) is 82.4 Å².